The molecule has 1 aromatic carbocycles. The van der Waals surface area contributed by atoms with Crippen LogP contribution in [0.1, 0.15) is 58.1 Å². The highest BCUT2D eigenvalue weighted by atomic mass is 32.1. The molecule has 0 saturated carbocycles. The molecule has 0 atom stereocenters. The van der Waals surface area contributed by atoms with E-state index in [4.69, 9.17) is 9.47 Å². The molecule has 1 N–H and O–H groups in total. The second-order valence-corrected chi connectivity index (χ2v) is 8.17. The highest BCUT2D eigenvalue weighted by molar-refractivity contribution is 7.17. The highest BCUT2D eigenvalue weighted by Gasteiger charge is 2.28. The van der Waals surface area contributed by atoms with Crippen LogP contribution in [0.5, 0.6) is 5.75 Å². The Labute approximate surface area is 163 Å². The summed E-state index contributed by atoms with van der Waals surface area (Å²) in [5.74, 6) is 0.421. The number of carbonyl (C=O) groups is 2. The molecular weight excluding hydrogens is 362 g/mol. The SMILES string of the molecule is COC(=O)c1c(NC(=O)COc2ccc(C(C)C)c(C)c2)sc2c1CCC2. The van der Waals surface area contributed by atoms with Crippen molar-refractivity contribution in [3.8, 4) is 5.75 Å². The van der Waals surface area contributed by atoms with Gasteiger partial charge in [0.2, 0.25) is 0 Å². The summed E-state index contributed by atoms with van der Waals surface area (Å²) >= 11 is 1.46. The number of amides is 1. The van der Waals surface area contributed by atoms with Crippen molar-refractivity contribution in [2.75, 3.05) is 19.0 Å². The van der Waals surface area contributed by atoms with Crippen molar-refractivity contribution >= 4 is 28.2 Å². The zero-order valence-electron chi connectivity index (χ0n) is 16.2. The van der Waals surface area contributed by atoms with Gasteiger partial charge in [-0.15, -0.1) is 11.3 Å². The van der Waals surface area contributed by atoms with Crippen LogP contribution in [0.4, 0.5) is 5.00 Å². The lowest BCUT2D eigenvalue weighted by atomic mass is 9.98. The lowest BCUT2D eigenvalue weighted by molar-refractivity contribution is -0.118. The second-order valence-electron chi connectivity index (χ2n) is 7.06. The van der Waals surface area contributed by atoms with Crippen LogP contribution >= 0.6 is 11.3 Å². The molecule has 1 heterocycles. The fourth-order valence-corrected chi connectivity index (χ4v) is 4.80. The first-order chi connectivity index (χ1) is 12.9. The average molecular weight is 388 g/mol. The summed E-state index contributed by atoms with van der Waals surface area (Å²) in [6.07, 6.45) is 2.83. The fourth-order valence-electron chi connectivity index (χ4n) is 3.51. The number of esters is 1. The van der Waals surface area contributed by atoms with E-state index < -0.39 is 5.97 Å². The molecule has 0 unspecified atom stereocenters. The Morgan fingerprint density at radius 1 is 1.26 bits per heavy atom. The zero-order valence-corrected chi connectivity index (χ0v) is 17.0. The molecule has 1 aromatic heterocycles. The summed E-state index contributed by atoms with van der Waals surface area (Å²) in [5, 5.41) is 3.38. The maximum absolute atomic E-state index is 12.4. The zero-order chi connectivity index (χ0) is 19.6. The van der Waals surface area contributed by atoms with Crippen molar-refractivity contribution in [2.45, 2.75) is 46.0 Å². The van der Waals surface area contributed by atoms with Gasteiger partial charge < -0.3 is 14.8 Å². The minimum absolute atomic E-state index is 0.107. The largest absolute Gasteiger partial charge is 0.484 e. The van der Waals surface area contributed by atoms with Gasteiger partial charge in [0.15, 0.2) is 6.61 Å². The monoisotopic (exact) mass is 387 g/mol. The van der Waals surface area contributed by atoms with Crippen LogP contribution in [0.3, 0.4) is 0 Å². The Hall–Kier alpha value is -2.34. The standard InChI is InChI=1S/C21H25NO4S/c1-12(2)15-9-8-14(10-13(15)3)26-11-18(23)22-20-19(21(24)25-4)16-6-5-7-17(16)27-20/h8-10,12H,5-7,11H2,1-4H3,(H,22,23). The summed E-state index contributed by atoms with van der Waals surface area (Å²) in [6.45, 7) is 6.23. The van der Waals surface area contributed by atoms with E-state index in [1.807, 2.05) is 25.1 Å². The van der Waals surface area contributed by atoms with E-state index >= 15 is 0 Å². The predicted molar refractivity (Wildman–Crippen MR) is 107 cm³/mol. The van der Waals surface area contributed by atoms with Crippen molar-refractivity contribution in [1.82, 2.24) is 0 Å². The predicted octanol–water partition coefficient (Wildman–Crippen LogP) is 4.47. The van der Waals surface area contributed by atoms with E-state index in [-0.39, 0.29) is 12.5 Å². The van der Waals surface area contributed by atoms with Crippen molar-refractivity contribution < 1.29 is 19.1 Å². The third-order valence-corrected chi connectivity index (χ3v) is 6.00. The molecule has 1 aliphatic carbocycles. The van der Waals surface area contributed by atoms with Crippen LogP contribution in [-0.4, -0.2) is 25.6 Å². The Morgan fingerprint density at radius 2 is 2.04 bits per heavy atom. The third-order valence-electron chi connectivity index (χ3n) is 4.80. The van der Waals surface area contributed by atoms with Crippen LogP contribution < -0.4 is 10.1 Å². The molecular formula is C21H25NO4S. The number of methoxy groups -OCH3 is 1. The summed E-state index contributed by atoms with van der Waals surface area (Å²) < 4.78 is 10.5. The second kappa shape index (κ2) is 8.13. The van der Waals surface area contributed by atoms with Crippen LogP contribution in [-0.2, 0) is 22.4 Å². The lowest BCUT2D eigenvalue weighted by Crippen LogP contribution is -2.21. The Balaban J connectivity index is 1.67. The molecule has 0 fully saturated rings. The van der Waals surface area contributed by atoms with E-state index in [2.05, 4.69) is 19.2 Å². The summed E-state index contributed by atoms with van der Waals surface area (Å²) in [5.41, 5.74) is 3.93. The third kappa shape index (κ3) is 4.16. The molecule has 1 aliphatic rings. The first-order valence-corrected chi connectivity index (χ1v) is 9.98. The molecule has 0 radical (unpaired) electrons. The molecule has 1 amide bonds. The topological polar surface area (TPSA) is 64.6 Å². The number of carbonyl (C=O) groups excluding carboxylic acids is 2. The Morgan fingerprint density at radius 3 is 2.70 bits per heavy atom. The van der Waals surface area contributed by atoms with Crippen molar-refractivity contribution in [3.05, 3.63) is 45.3 Å². The van der Waals surface area contributed by atoms with Gasteiger partial charge in [0.25, 0.3) is 5.91 Å². The normalized spacial score (nSPS) is 12.8. The molecule has 27 heavy (non-hydrogen) atoms. The number of hydrogen-bond acceptors (Lipinski definition) is 5. The fraction of sp³-hybridized carbons (Fsp3) is 0.429. The molecule has 0 aliphatic heterocycles. The average Bonchev–Trinajstić information content (AvgIpc) is 3.19. The number of benzene rings is 1. The van der Waals surface area contributed by atoms with Gasteiger partial charge in [-0.05, 0) is 60.9 Å². The molecule has 0 bridgehead atoms. The van der Waals surface area contributed by atoms with Crippen LogP contribution in [0.15, 0.2) is 18.2 Å². The Bertz CT molecular complexity index is 869. The first kappa shape index (κ1) is 19.4. The number of anilines is 1. The molecule has 2 aromatic rings. The van der Waals surface area contributed by atoms with E-state index in [9.17, 15) is 9.59 Å². The van der Waals surface area contributed by atoms with Gasteiger partial charge >= 0.3 is 5.97 Å². The maximum atomic E-state index is 12.4. The van der Waals surface area contributed by atoms with Gasteiger partial charge in [-0.25, -0.2) is 4.79 Å². The summed E-state index contributed by atoms with van der Waals surface area (Å²) in [4.78, 5) is 25.7. The minimum atomic E-state index is -0.398. The molecule has 5 nitrogen and oxygen atoms in total. The molecule has 0 spiro atoms. The molecule has 144 valence electrons. The van der Waals surface area contributed by atoms with Crippen LogP contribution in [0, 0.1) is 6.92 Å². The lowest BCUT2D eigenvalue weighted by Gasteiger charge is -2.12. The number of ether oxygens (including phenoxy) is 2. The smallest absolute Gasteiger partial charge is 0.341 e. The van der Waals surface area contributed by atoms with Gasteiger partial charge in [0.05, 0.1) is 12.7 Å². The van der Waals surface area contributed by atoms with Crippen molar-refractivity contribution in [3.63, 3.8) is 0 Å². The number of fused-ring (bicyclic) bond motifs is 1. The van der Waals surface area contributed by atoms with Crippen LogP contribution in [0.2, 0.25) is 0 Å². The van der Waals surface area contributed by atoms with Gasteiger partial charge in [-0.1, -0.05) is 19.9 Å². The quantitative estimate of drug-likeness (QED) is 0.743. The van der Waals surface area contributed by atoms with Crippen molar-refractivity contribution in [2.24, 2.45) is 0 Å². The maximum Gasteiger partial charge on any atom is 0.341 e. The first-order valence-electron chi connectivity index (χ1n) is 9.16. The summed E-state index contributed by atoms with van der Waals surface area (Å²) in [6, 6.07) is 5.86. The minimum Gasteiger partial charge on any atom is -0.484 e. The van der Waals surface area contributed by atoms with Gasteiger partial charge in [0.1, 0.15) is 10.8 Å². The van der Waals surface area contributed by atoms with E-state index in [0.717, 1.165) is 35.3 Å². The van der Waals surface area contributed by atoms with Crippen LogP contribution in [0.25, 0.3) is 0 Å². The number of rotatable bonds is 6. The van der Waals surface area contributed by atoms with Gasteiger partial charge in [-0.2, -0.15) is 0 Å². The number of hydrogen-bond donors (Lipinski definition) is 1. The number of nitrogens with one attached hydrogen (secondary N) is 1. The van der Waals surface area contributed by atoms with Gasteiger partial charge in [-0.3, -0.25) is 4.79 Å². The van der Waals surface area contributed by atoms with E-state index in [0.29, 0.717) is 22.2 Å². The molecule has 3 rings (SSSR count). The number of aryl methyl sites for hydroxylation is 2. The van der Waals surface area contributed by atoms with Gasteiger partial charge in [0, 0.05) is 4.88 Å². The van der Waals surface area contributed by atoms with Crippen molar-refractivity contribution in [1.29, 1.82) is 0 Å². The Kier molecular flexibility index (Phi) is 5.85. The molecule has 6 heteroatoms. The van der Waals surface area contributed by atoms with E-state index in [1.54, 1.807) is 0 Å². The van der Waals surface area contributed by atoms with E-state index in [1.165, 1.54) is 24.0 Å². The highest BCUT2D eigenvalue weighted by Crippen LogP contribution is 2.39. The molecule has 0 saturated heterocycles. The summed E-state index contributed by atoms with van der Waals surface area (Å²) in [7, 11) is 1.36. The number of thiophene rings is 1.